The van der Waals surface area contributed by atoms with E-state index in [-0.39, 0.29) is 5.97 Å². The molecule has 0 N–H and O–H groups in total. The molecule has 0 bridgehead atoms. The van der Waals surface area contributed by atoms with Crippen LogP contribution in [0.1, 0.15) is 27.7 Å². The molecule has 0 aromatic carbocycles. The zero-order valence-corrected chi connectivity index (χ0v) is 10.0. The third-order valence-electron chi connectivity index (χ3n) is 2.29. The van der Waals surface area contributed by atoms with Crippen molar-refractivity contribution in [2.24, 2.45) is 0 Å². The predicted molar refractivity (Wildman–Crippen MR) is 49.0 cm³/mol. The topological polar surface area (TPSA) is 26.3 Å². The molecule has 11 heavy (non-hydrogen) atoms. The van der Waals surface area contributed by atoms with E-state index in [1.165, 1.54) is 6.92 Å². The average molecular weight is 219 g/mol. The minimum absolute atomic E-state index is 0.0875. The number of hydrogen-bond donors (Lipinski definition) is 0. The molecule has 0 spiro atoms. The molecular formula is C8H18GeO2. The zero-order chi connectivity index (χ0) is 8.91. The summed E-state index contributed by atoms with van der Waals surface area (Å²) in [7, 11) is 0. The molecular weight excluding hydrogens is 201 g/mol. The van der Waals surface area contributed by atoms with Crippen LogP contribution in [0.3, 0.4) is 0 Å². The molecule has 3 heteroatoms. The van der Waals surface area contributed by atoms with Crippen LogP contribution in [0.15, 0.2) is 0 Å². The quantitative estimate of drug-likeness (QED) is 0.679. The third-order valence-corrected chi connectivity index (χ3v) is 11.9. The summed E-state index contributed by atoms with van der Waals surface area (Å²) in [5.41, 5.74) is 0. The second-order valence-corrected chi connectivity index (χ2v) is 12.7. The van der Waals surface area contributed by atoms with Gasteiger partial charge in [0.2, 0.25) is 0 Å². The molecule has 0 unspecified atom stereocenters. The van der Waals surface area contributed by atoms with Crippen LogP contribution < -0.4 is 0 Å². The summed E-state index contributed by atoms with van der Waals surface area (Å²) in [6.45, 7) is 7.92. The van der Waals surface area contributed by atoms with E-state index in [9.17, 15) is 4.79 Å². The van der Waals surface area contributed by atoms with E-state index in [1.54, 1.807) is 0 Å². The van der Waals surface area contributed by atoms with Crippen LogP contribution in [0.5, 0.6) is 0 Å². The minimum atomic E-state index is -2.13. The Morgan fingerprint density at radius 3 is 1.64 bits per heavy atom. The van der Waals surface area contributed by atoms with E-state index in [0.29, 0.717) is 0 Å². The summed E-state index contributed by atoms with van der Waals surface area (Å²) in [4.78, 5) is 10.8. The number of hydrogen-bond acceptors (Lipinski definition) is 2. The summed E-state index contributed by atoms with van der Waals surface area (Å²) >= 11 is -2.13. The van der Waals surface area contributed by atoms with Crippen LogP contribution in [-0.4, -0.2) is 19.6 Å². The van der Waals surface area contributed by atoms with Crippen LogP contribution in [0, 0.1) is 0 Å². The Hall–Kier alpha value is 0.0129. The van der Waals surface area contributed by atoms with Gasteiger partial charge >= 0.3 is 71.6 Å². The van der Waals surface area contributed by atoms with Gasteiger partial charge in [0, 0.05) is 0 Å². The van der Waals surface area contributed by atoms with E-state index in [4.69, 9.17) is 3.76 Å². The summed E-state index contributed by atoms with van der Waals surface area (Å²) in [5.74, 6) is -0.0875. The summed E-state index contributed by atoms with van der Waals surface area (Å²) in [6, 6.07) is 0. The fraction of sp³-hybridized carbons (Fsp3) is 0.875. The molecule has 0 aromatic rings. The van der Waals surface area contributed by atoms with Crippen molar-refractivity contribution in [2.75, 3.05) is 0 Å². The maximum absolute atomic E-state index is 10.8. The van der Waals surface area contributed by atoms with Gasteiger partial charge in [0.05, 0.1) is 0 Å². The van der Waals surface area contributed by atoms with Crippen LogP contribution in [0.4, 0.5) is 0 Å². The standard InChI is InChI=1S/C8H18GeO2/c1-5-9(6-2,7-3)11-8(4)10/h5-7H2,1-4H3. The van der Waals surface area contributed by atoms with Crippen molar-refractivity contribution in [1.29, 1.82) is 0 Å². The second-order valence-electron chi connectivity index (χ2n) is 2.84. The molecule has 0 atom stereocenters. The van der Waals surface area contributed by atoms with Gasteiger partial charge in [-0.1, -0.05) is 0 Å². The molecule has 0 rings (SSSR count). The van der Waals surface area contributed by atoms with Gasteiger partial charge in [-0.3, -0.25) is 0 Å². The molecule has 2 nitrogen and oxygen atoms in total. The Balaban J connectivity index is 4.16. The van der Waals surface area contributed by atoms with E-state index in [1.807, 2.05) is 0 Å². The first-order valence-electron chi connectivity index (χ1n) is 4.29. The molecule has 0 aliphatic heterocycles. The van der Waals surface area contributed by atoms with Crippen molar-refractivity contribution < 1.29 is 8.56 Å². The van der Waals surface area contributed by atoms with Crippen LogP contribution in [0.2, 0.25) is 15.8 Å². The molecule has 0 radical (unpaired) electrons. The molecule has 0 aromatic heterocycles. The van der Waals surface area contributed by atoms with E-state index >= 15 is 0 Å². The van der Waals surface area contributed by atoms with Gasteiger partial charge in [-0.05, 0) is 0 Å². The first-order valence-corrected chi connectivity index (χ1v) is 9.60. The van der Waals surface area contributed by atoms with Crippen LogP contribution in [-0.2, 0) is 8.56 Å². The van der Waals surface area contributed by atoms with E-state index in [0.717, 1.165) is 15.8 Å². The Kier molecular flexibility index (Phi) is 4.81. The van der Waals surface area contributed by atoms with Gasteiger partial charge < -0.3 is 0 Å². The van der Waals surface area contributed by atoms with Gasteiger partial charge in [0.25, 0.3) is 0 Å². The Labute approximate surface area is 72.0 Å². The van der Waals surface area contributed by atoms with Crippen molar-refractivity contribution in [2.45, 2.75) is 43.5 Å². The summed E-state index contributed by atoms with van der Waals surface area (Å²) in [6.07, 6.45) is 0. The summed E-state index contributed by atoms with van der Waals surface area (Å²) < 4.78 is 5.43. The predicted octanol–water partition coefficient (Wildman–Crippen LogP) is 2.55. The SMILES string of the molecule is C[CH2][Ge]([CH2]C)([CH2]C)[O]C(C)=O. The number of carbonyl (C=O) groups is 1. The molecule has 0 saturated carbocycles. The Morgan fingerprint density at radius 1 is 1.18 bits per heavy atom. The molecule has 0 aliphatic rings. The van der Waals surface area contributed by atoms with Crippen molar-refractivity contribution in [3.05, 3.63) is 0 Å². The monoisotopic (exact) mass is 220 g/mol. The molecule has 0 aliphatic carbocycles. The van der Waals surface area contributed by atoms with E-state index < -0.39 is 13.6 Å². The van der Waals surface area contributed by atoms with Crippen molar-refractivity contribution in [3.63, 3.8) is 0 Å². The third kappa shape index (κ3) is 3.27. The average Bonchev–Trinajstić information content (AvgIpc) is 2.00. The molecule has 0 saturated heterocycles. The maximum atomic E-state index is 10.8. The van der Waals surface area contributed by atoms with Crippen molar-refractivity contribution in [1.82, 2.24) is 0 Å². The normalized spacial score (nSPS) is 11.3. The fourth-order valence-electron chi connectivity index (χ4n) is 1.27. The summed E-state index contributed by atoms with van der Waals surface area (Å²) in [5, 5.41) is 3.27. The molecule has 66 valence electrons. The van der Waals surface area contributed by atoms with Gasteiger partial charge in [-0.2, -0.15) is 0 Å². The van der Waals surface area contributed by atoms with Gasteiger partial charge in [0.15, 0.2) is 0 Å². The zero-order valence-electron chi connectivity index (χ0n) is 7.94. The Morgan fingerprint density at radius 2 is 1.55 bits per heavy atom. The fourth-order valence-corrected chi connectivity index (χ4v) is 6.61. The number of rotatable bonds is 4. The van der Waals surface area contributed by atoms with Crippen LogP contribution in [0.25, 0.3) is 0 Å². The second kappa shape index (κ2) is 4.80. The molecule has 0 fully saturated rings. The molecule has 0 amide bonds. The Bertz CT molecular complexity index is 122. The van der Waals surface area contributed by atoms with Crippen molar-refractivity contribution >= 4 is 19.6 Å². The molecule has 0 heterocycles. The van der Waals surface area contributed by atoms with Gasteiger partial charge in [-0.25, -0.2) is 0 Å². The van der Waals surface area contributed by atoms with E-state index in [2.05, 4.69) is 20.8 Å². The van der Waals surface area contributed by atoms with Gasteiger partial charge in [-0.15, -0.1) is 0 Å². The number of carbonyl (C=O) groups excluding carboxylic acids is 1. The first kappa shape index (κ1) is 11.0. The van der Waals surface area contributed by atoms with Crippen LogP contribution >= 0.6 is 0 Å². The first-order chi connectivity index (χ1) is 5.10. The van der Waals surface area contributed by atoms with Crippen molar-refractivity contribution in [3.8, 4) is 0 Å². The van der Waals surface area contributed by atoms with Gasteiger partial charge in [0.1, 0.15) is 0 Å².